The molecule has 0 aliphatic heterocycles. The van der Waals surface area contributed by atoms with Gasteiger partial charge < -0.3 is 5.11 Å². The third-order valence-corrected chi connectivity index (χ3v) is 4.23. The molecule has 1 N–H and O–H groups in total. The maximum absolute atomic E-state index is 11.7. The summed E-state index contributed by atoms with van der Waals surface area (Å²) in [7, 11) is 0. The Morgan fingerprint density at radius 1 is 0.875 bits per heavy atom. The average Bonchev–Trinajstić information content (AvgIpc) is 2.64. The fourth-order valence-electron chi connectivity index (χ4n) is 3.08. The SMILES string of the molecule is CCCc1c(-c2ccccc2)cc(-c2ccccc2)c(C=O)c1O. The van der Waals surface area contributed by atoms with Crippen LogP contribution in [0.5, 0.6) is 5.75 Å². The van der Waals surface area contributed by atoms with Gasteiger partial charge in [-0.1, -0.05) is 74.0 Å². The van der Waals surface area contributed by atoms with E-state index in [1.807, 2.05) is 66.7 Å². The van der Waals surface area contributed by atoms with Gasteiger partial charge in [-0.15, -0.1) is 0 Å². The van der Waals surface area contributed by atoms with E-state index >= 15 is 0 Å². The average molecular weight is 316 g/mol. The molecule has 2 heteroatoms. The van der Waals surface area contributed by atoms with Crippen molar-refractivity contribution in [2.24, 2.45) is 0 Å². The number of carbonyl (C=O) groups excluding carboxylic acids is 1. The van der Waals surface area contributed by atoms with Gasteiger partial charge in [0.25, 0.3) is 0 Å². The van der Waals surface area contributed by atoms with Crippen molar-refractivity contribution < 1.29 is 9.90 Å². The first kappa shape index (κ1) is 16.0. The number of phenolic OH excluding ortho intramolecular Hbond substituents is 1. The summed E-state index contributed by atoms with van der Waals surface area (Å²) < 4.78 is 0. The molecule has 0 saturated carbocycles. The molecule has 0 aliphatic rings. The molecule has 0 aliphatic carbocycles. The Morgan fingerprint density at radius 2 is 1.42 bits per heavy atom. The monoisotopic (exact) mass is 316 g/mol. The summed E-state index contributed by atoms with van der Waals surface area (Å²) in [6.45, 7) is 2.07. The summed E-state index contributed by atoms with van der Waals surface area (Å²) in [6, 6.07) is 21.7. The lowest BCUT2D eigenvalue weighted by atomic mass is 9.88. The van der Waals surface area contributed by atoms with Crippen LogP contribution in [0.1, 0.15) is 29.3 Å². The van der Waals surface area contributed by atoms with Gasteiger partial charge in [0.2, 0.25) is 0 Å². The number of aldehydes is 1. The molecule has 0 aromatic heterocycles. The molecule has 0 radical (unpaired) electrons. The van der Waals surface area contributed by atoms with Gasteiger partial charge in [-0.05, 0) is 34.7 Å². The predicted octanol–water partition coefficient (Wildman–Crippen LogP) is 5.49. The molecule has 0 bridgehead atoms. The van der Waals surface area contributed by atoms with Crippen molar-refractivity contribution in [2.45, 2.75) is 19.8 Å². The van der Waals surface area contributed by atoms with Gasteiger partial charge in [-0.25, -0.2) is 0 Å². The van der Waals surface area contributed by atoms with Crippen LogP contribution in [0.25, 0.3) is 22.3 Å². The zero-order chi connectivity index (χ0) is 16.9. The maximum Gasteiger partial charge on any atom is 0.154 e. The second-order valence-corrected chi connectivity index (χ2v) is 5.81. The Labute approximate surface area is 142 Å². The number of carbonyl (C=O) groups is 1. The number of aromatic hydroxyl groups is 1. The van der Waals surface area contributed by atoms with Crippen molar-refractivity contribution in [3.8, 4) is 28.0 Å². The van der Waals surface area contributed by atoms with E-state index < -0.39 is 0 Å². The lowest BCUT2D eigenvalue weighted by Gasteiger charge is -2.17. The van der Waals surface area contributed by atoms with Crippen molar-refractivity contribution in [1.29, 1.82) is 0 Å². The van der Waals surface area contributed by atoms with Crippen LogP contribution in [0.2, 0.25) is 0 Å². The van der Waals surface area contributed by atoms with Crippen LogP contribution < -0.4 is 0 Å². The van der Waals surface area contributed by atoms with Crippen LogP contribution in [-0.4, -0.2) is 11.4 Å². The first-order valence-electron chi connectivity index (χ1n) is 8.21. The minimum Gasteiger partial charge on any atom is -0.507 e. The molecular weight excluding hydrogens is 296 g/mol. The van der Waals surface area contributed by atoms with E-state index in [9.17, 15) is 9.90 Å². The van der Waals surface area contributed by atoms with Gasteiger partial charge in [0.15, 0.2) is 6.29 Å². The molecule has 0 atom stereocenters. The number of benzene rings is 3. The lowest BCUT2D eigenvalue weighted by Crippen LogP contribution is -1.98. The molecule has 120 valence electrons. The maximum atomic E-state index is 11.7. The van der Waals surface area contributed by atoms with Crippen LogP contribution in [-0.2, 0) is 6.42 Å². The topological polar surface area (TPSA) is 37.3 Å². The summed E-state index contributed by atoms with van der Waals surface area (Å²) in [5, 5.41) is 10.8. The summed E-state index contributed by atoms with van der Waals surface area (Å²) in [5.41, 5.74) is 4.93. The highest BCUT2D eigenvalue weighted by molar-refractivity contribution is 5.95. The minimum atomic E-state index is 0.104. The van der Waals surface area contributed by atoms with Crippen LogP contribution in [0.3, 0.4) is 0 Å². The fourth-order valence-corrected chi connectivity index (χ4v) is 3.08. The largest absolute Gasteiger partial charge is 0.507 e. The van der Waals surface area contributed by atoms with Crippen LogP contribution in [0.15, 0.2) is 66.7 Å². The van der Waals surface area contributed by atoms with Gasteiger partial charge >= 0.3 is 0 Å². The summed E-state index contributed by atoms with van der Waals surface area (Å²) in [6.07, 6.45) is 2.38. The van der Waals surface area contributed by atoms with Crippen LogP contribution in [0.4, 0.5) is 0 Å². The van der Waals surface area contributed by atoms with E-state index in [0.29, 0.717) is 5.56 Å². The third kappa shape index (κ3) is 2.95. The zero-order valence-electron chi connectivity index (χ0n) is 13.7. The first-order valence-corrected chi connectivity index (χ1v) is 8.21. The fraction of sp³-hybridized carbons (Fsp3) is 0.136. The highest BCUT2D eigenvalue weighted by Gasteiger charge is 2.18. The number of phenols is 1. The van der Waals surface area contributed by atoms with Crippen molar-refractivity contribution in [2.75, 3.05) is 0 Å². The molecule has 3 aromatic carbocycles. The van der Waals surface area contributed by atoms with E-state index in [1.54, 1.807) is 0 Å². The Bertz CT molecular complexity index is 837. The number of rotatable bonds is 5. The van der Waals surface area contributed by atoms with Gasteiger partial charge in [0.1, 0.15) is 5.75 Å². The Kier molecular flexibility index (Phi) is 4.76. The minimum absolute atomic E-state index is 0.104. The summed E-state index contributed by atoms with van der Waals surface area (Å²) in [5.74, 6) is 0.104. The highest BCUT2D eigenvalue weighted by Crippen LogP contribution is 2.39. The number of hydrogen-bond donors (Lipinski definition) is 1. The lowest BCUT2D eigenvalue weighted by molar-refractivity contribution is 0.112. The third-order valence-electron chi connectivity index (χ3n) is 4.23. The smallest absolute Gasteiger partial charge is 0.154 e. The summed E-state index contributed by atoms with van der Waals surface area (Å²) >= 11 is 0. The van der Waals surface area contributed by atoms with E-state index in [-0.39, 0.29) is 5.75 Å². The molecule has 2 nitrogen and oxygen atoms in total. The highest BCUT2D eigenvalue weighted by atomic mass is 16.3. The van der Waals surface area contributed by atoms with E-state index in [2.05, 4.69) is 6.92 Å². The Morgan fingerprint density at radius 3 is 1.92 bits per heavy atom. The predicted molar refractivity (Wildman–Crippen MR) is 98.4 cm³/mol. The molecule has 3 rings (SSSR count). The van der Waals surface area contributed by atoms with Gasteiger partial charge in [0, 0.05) is 5.56 Å². The van der Waals surface area contributed by atoms with Crippen LogP contribution in [0, 0.1) is 0 Å². The van der Waals surface area contributed by atoms with Crippen molar-refractivity contribution in [3.63, 3.8) is 0 Å². The second-order valence-electron chi connectivity index (χ2n) is 5.81. The molecule has 0 saturated heterocycles. The van der Waals surface area contributed by atoms with Crippen molar-refractivity contribution >= 4 is 6.29 Å². The van der Waals surface area contributed by atoms with Crippen molar-refractivity contribution in [3.05, 3.63) is 77.9 Å². The molecule has 0 heterocycles. The molecule has 0 unspecified atom stereocenters. The Balaban J connectivity index is 2.31. The standard InChI is InChI=1S/C22H20O2/c1-2-9-18-19(16-10-5-3-6-11-16)14-20(21(15-23)22(18)24)17-12-7-4-8-13-17/h3-8,10-15,24H,2,9H2,1H3. The molecule has 0 fully saturated rings. The van der Waals surface area contributed by atoms with E-state index in [0.717, 1.165) is 46.9 Å². The molecule has 24 heavy (non-hydrogen) atoms. The van der Waals surface area contributed by atoms with Crippen LogP contribution >= 0.6 is 0 Å². The molecule has 0 spiro atoms. The van der Waals surface area contributed by atoms with Gasteiger partial charge in [-0.3, -0.25) is 4.79 Å². The van der Waals surface area contributed by atoms with Crippen molar-refractivity contribution in [1.82, 2.24) is 0 Å². The molecule has 0 amide bonds. The molecular formula is C22H20O2. The van der Waals surface area contributed by atoms with E-state index in [1.165, 1.54) is 0 Å². The van der Waals surface area contributed by atoms with E-state index in [4.69, 9.17) is 0 Å². The molecule has 3 aromatic rings. The first-order chi connectivity index (χ1) is 11.8. The summed E-state index contributed by atoms with van der Waals surface area (Å²) in [4.78, 5) is 11.7. The van der Waals surface area contributed by atoms with Gasteiger partial charge in [-0.2, -0.15) is 0 Å². The number of hydrogen-bond acceptors (Lipinski definition) is 2. The zero-order valence-corrected chi connectivity index (χ0v) is 13.7. The van der Waals surface area contributed by atoms with Gasteiger partial charge in [0.05, 0.1) is 5.56 Å². The Hall–Kier alpha value is -2.87. The second kappa shape index (κ2) is 7.14. The normalized spacial score (nSPS) is 10.5. The quantitative estimate of drug-likeness (QED) is 0.632.